The molecule has 0 saturated carbocycles. The maximum Gasteiger partial charge on any atom is 0.411 e. The van der Waals surface area contributed by atoms with Crippen molar-refractivity contribution in [2.24, 2.45) is 0 Å². The number of rotatable bonds is 5. The lowest BCUT2D eigenvalue weighted by atomic mass is 10.2. The molecule has 0 unspecified atom stereocenters. The molecule has 0 aliphatic heterocycles. The molecule has 0 spiro atoms. The standard InChI is InChI=1S/C18H18N4O3/c1-2-25-18(24)21-14-8-6-13(7-9-14)17(23)19-11-15-12-22-10-4-3-5-16(22)20-15/h3-10,12H,2,11H2,1H3,(H,19,23)(H,21,24). The summed E-state index contributed by atoms with van der Waals surface area (Å²) >= 11 is 0. The summed E-state index contributed by atoms with van der Waals surface area (Å²) < 4.78 is 6.70. The summed E-state index contributed by atoms with van der Waals surface area (Å²) in [6, 6.07) is 12.3. The molecule has 0 aliphatic carbocycles. The molecule has 128 valence electrons. The van der Waals surface area contributed by atoms with Crippen molar-refractivity contribution in [1.82, 2.24) is 14.7 Å². The average Bonchev–Trinajstić information content (AvgIpc) is 3.03. The van der Waals surface area contributed by atoms with E-state index < -0.39 is 6.09 Å². The van der Waals surface area contributed by atoms with Crippen LogP contribution in [0.4, 0.5) is 10.5 Å². The van der Waals surface area contributed by atoms with Crippen LogP contribution >= 0.6 is 0 Å². The Bertz CT molecular complexity index is 854. The number of aromatic nitrogens is 2. The summed E-state index contributed by atoms with van der Waals surface area (Å²) in [5.41, 5.74) is 2.68. The Hall–Kier alpha value is -3.35. The van der Waals surface area contributed by atoms with Gasteiger partial charge in [-0.1, -0.05) is 6.07 Å². The number of fused-ring (bicyclic) bond motifs is 1. The number of nitrogens with one attached hydrogen (secondary N) is 2. The van der Waals surface area contributed by atoms with E-state index in [2.05, 4.69) is 15.6 Å². The van der Waals surface area contributed by atoms with Crippen molar-refractivity contribution in [3.05, 3.63) is 66.1 Å². The molecular formula is C18H18N4O3. The molecule has 0 radical (unpaired) electrons. The maximum absolute atomic E-state index is 12.2. The fourth-order valence-corrected chi connectivity index (χ4v) is 2.34. The maximum atomic E-state index is 12.2. The Morgan fingerprint density at radius 3 is 2.68 bits per heavy atom. The molecule has 0 saturated heterocycles. The van der Waals surface area contributed by atoms with E-state index in [1.165, 1.54) is 0 Å². The predicted octanol–water partition coefficient (Wildman–Crippen LogP) is 2.83. The first kappa shape index (κ1) is 16.5. The number of anilines is 1. The van der Waals surface area contributed by atoms with Gasteiger partial charge in [-0.2, -0.15) is 0 Å². The number of ether oxygens (including phenoxy) is 1. The molecule has 2 aromatic heterocycles. The monoisotopic (exact) mass is 338 g/mol. The van der Waals surface area contributed by atoms with Crippen LogP contribution in [-0.2, 0) is 11.3 Å². The minimum atomic E-state index is -0.522. The Morgan fingerprint density at radius 1 is 1.16 bits per heavy atom. The third kappa shape index (κ3) is 4.14. The van der Waals surface area contributed by atoms with Gasteiger partial charge in [-0.3, -0.25) is 10.1 Å². The van der Waals surface area contributed by atoms with Gasteiger partial charge in [-0.15, -0.1) is 0 Å². The van der Waals surface area contributed by atoms with E-state index >= 15 is 0 Å². The van der Waals surface area contributed by atoms with Gasteiger partial charge in [-0.05, 0) is 43.3 Å². The molecule has 7 heteroatoms. The van der Waals surface area contributed by atoms with E-state index in [0.717, 1.165) is 11.3 Å². The molecule has 0 fully saturated rings. The molecule has 0 aliphatic rings. The number of carbonyl (C=O) groups is 2. The van der Waals surface area contributed by atoms with Crippen LogP contribution in [0.1, 0.15) is 23.0 Å². The number of hydrogen-bond donors (Lipinski definition) is 2. The first-order chi connectivity index (χ1) is 12.2. The van der Waals surface area contributed by atoms with Crippen LogP contribution in [0.2, 0.25) is 0 Å². The Kier molecular flexibility index (Phi) is 4.94. The molecule has 1 aromatic carbocycles. The van der Waals surface area contributed by atoms with Crippen molar-refractivity contribution in [3.8, 4) is 0 Å². The highest BCUT2D eigenvalue weighted by molar-refractivity contribution is 5.95. The van der Waals surface area contributed by atoms with Gasteiger partial charge >= 0.3 is 6.09 Å². The highest BCUT2D eigenvalue weighted by Gasteiger charge is 2.08. The number of nitrogens with zero attached hydrogens (tertiary/aromatic N) is 2. The quantitative estimate of drug-likeness (QED) is 0.749. The molecule has 3 aromatic rings. The Morgan fingerprint density at radius 2 is 1.96 bits per heavy atom. The Balaban J connectivity index is 1.58. The predicted molar refractivity (Wildman–Crippen MR) is 93.4 cm³/mol. The van der Waals surface area contributed by atoms with Gasteiger partial charge < -0.3 is 14.5 Å². The summed E-state index contributed by atoms with van der Waals surface area (Å²) in [5, 5.41) is 5.41. The zero-order chi connectivity index (χ0) is 17.6. The summed E-state index contributed by atoms with van der Waals surface area (Å²) in [7, 11) is 0. The van der Waals surface area contributed by atoms with Crippen molar-refractivity contribution < 1.29 is 14.3 Å². The second kappa shape index (κ2) is 7.48. The molecule has 2 N–H and O–H groups in total. The van der Waals surface area contributed by atoms with E-state index in [1.807, 2.05) is 35.0 Å². The summed E-state index contributed by atoms with van der Waals surface area (Å²) in [6.07, 6.45) is 3.26. The van der Waals surface area contributed by atoms with Crippen molar-refractivity contribution in [2.45, 2.75) is 13.5 Å². The van der Waals surface area contributed by atoms with Crippen LogP contribution in [-0.4, -0.2) is 28.0 Å². The smallest absolute Gasteiger partial charge is 0.411 e. The number of amides is 2. The second-order valence-electron chi connectivity index (χ2n) is 5.30. The van der Waals surface area contributed by atoms with Gasteiger partial charge in [0.05, 0.1) is 18.8 Å². The van der Waals surface area contributed by atoms with Crippen LogP contribution in [0.5, 0.6) is 0 Å². The molecule has 3 rings (SSSR count). The molecule has 2 heterocycles. The number of pyridine rings is 1. The van der Waals surface area contributed by atoms with Crippen molar-refractivity contribution in [3.63, 3.8) is 0 Å². The minimum absolute atomic E-state index is 0.209. The first-order valence-electron chi connectivity index (χ1n) is 7.90. The number of carbonyl (C=O) groups excluding carboxylic acids is 2. The lowest BCUT2D eigenvalue weighted by Gasteiger charge is -2.07. The van der Waals surface area contributed by atoms with Crippen LogP contribution in [0.3, 0.4) is 0 Å². The minimum Gasteiger partial charge on any atom is -0.450 e. The van der Waals surface area contributed by atoms with Crippen molar-refractivity contribution in [1.29, 1.82) is 0 Å². The third-order valence-electron chi connectivity index (χ3n) is 3.51. The molecule has 2 amide bonds. The highest BCUT2D eigenvalue weighted by Crippen LogP contribution is 2.10. The van der Waals surface area contributed by atoms with Crippen molar-refractivity contribution in [2.75, 3.05) is 11.9 Å². The van der Waals surface area contributed by atoms with Gasteiger partial charge in [0.25, 0.3) is 5.91 Å². The topological polar surface area (TPSA) is 84.7 Å². The van der Waals surface area contributed by atoms with Gasteiger partial charge in [0, 0.05) is 23.6 Å². The van der Waals surface area contributed by atoms with E-state index in [4.69, 9.17) is 4.74 Å². The summed E-state index contributed by atoms with van der Waals surface area (Å²) in [5.74, 6) is -0.209. The fraction of sp³-hybridized carbons (Fsp3) is 0.167. The fourth-order valence-electron chi connectivity index (χ4n) is 2.34. The lowest BCUT2D eigenvalue weighted by molar-refractivity contribution is 0.0950. The van der Waals surface area contributed by atoms with E-state index in [0.29, 0.717) is 24.4 Å². The molecule has 0 bridgehead atoms. The zero-order valence-electron chi connectivity index (χ0n) is 13.7. The summed E-state index contributed by atoms with van der Waals surface area (Å²) in [4.78, 5) is 28.0. The largest absolute Gasteiger partial charge is 0.450 e. The molecule has 7 nitrogen and oxygen atoms in total. The van der Waals surface area contributed by atoms with Gasteiger partial charge in [0.1, 0.15) is 5.65 Å². The molecule has 25 heavy (non-hydrogen) atoms. The van der Waals surface area contributed by atoms with E-state index in [9.17, 15) is 9.59 Å². The van der Waals surface area contributed by atoms with Gasteiger partial charge in [-0.25, -0.2) is 9.78 Å². The van der Waals surface area contributed by atoms with Gasteiger partial charge in [0.2, 0.25) is 0 Å². The van der Waals surface area contributed by atoms with Crippen LogP contribution in [0.25, 0.3) is 5.65 Å². The van der Waals surface area contributed by atoms with E-state index in [-0.39, 0.29) is 5.91 Å². The molecular weight excluding hydrogens is 320 g/mol. The zero-order valence-corrected chi connectivity index (χ0v) is 13.7. The lowest BCUT2D eigenvalue weighted by Crippen LogP contribution is -2.23. The highest BCUT2D eigenvalue weighted by atomic mass is 16.5. The van der Waals surface area contributed by atoms with Crippen LogP contribution < -0.4 is 10.6 Å². The second-order valence-corrected chi connectivity index (χ2v) is 5.30. The van der Waals surface area contributed by atoms with E-state index in [1.54, 1.807) is 31.2 Å². The third-order valence-corrected chi connectivity index (χ3v) is 3.51. The SMILES string of the molecule is CCOC(=O)Nc1ccc(C(=O)NCc2cn3ccccc3n2)cc1. The Labute approximate surface area is 144 Å². The van der Waals surface area contributed by atoms with Crippen molar-refractivity contribution >= 4 is 23.3 Å². The van der Waals surface area contributed by atoms with Crippen LogP contribution in [0, 0.1) is 0 Å². The number of benzene rings is 1. The summed E-state index contributed by atoms with van der Waals surface area (Å²) in [6.45, 7) is 2.37. The molecule has 0 atom stereocenters. The normalized spacial score (nSPS) is 10.4. The first-order valence-corrected chi connectivity index (χ1v) is 7.90. The van der Waals surface area contributed by atoms with Crippen LogP contribution in [0.15, 0.2) is 54.9 Å². The number of imidazole rings is 1. The number of hydrogen-bond acceptors (Lipinski definition) is 4. The average molecular weight is 338 g/mol. The van der Waals surface area contributed by atoms with Gasteiger partial charge in [0.15, 0.2) is 0 Å².